The summed E-state index contributed by atoms with van der Waals surface area (Å²) in [5, 5.41) is 3.17. The van der Waals surface area contributed by atoms with Gasteiger partial charge in [0, 0.05) is 24.5 Å². The molecule has 3 N–H and O–H groups in total. The maximum absolute atomic E-state index is 14.1. The van der Waals surface area contributed by atoms with Gasteiger partial charge in [0.2, 0.25) is 5.91 Å². The van der Waals surface area contributed by atoms with Crippen LogP contribution in [-0.2, 0) is 17.9 Å². The van der Waals surface area contributed by atoms with E-state index in [1.54, 1.807) is 0 Å². The number of rotatable bonds is 12. The standard InChI is InChI=1S/C33H37N3O3/c1-4-38-31-21-27(17-20-30(31)39-24(2)3)32(33(37)35-23-26-11-7-5-8-12-26)36(28-13-9-6-10-14-28)29-18-15-25(22-34)16-19-29/h5-21,24,32H,4,22-23,34H2,1-3H3,(H,35,37). The number of nitrogens with one attached hydrogen (secondary N) is 1. The zero-order chi connectivity index (χ0) is 27.6. The van der Waals surface area contributed by atoms with E-state index < -0.39 is 6.04 Å². The molecule has 0 saturated heterocycles. The number of anilines is 2. The molecule has 39 heavy (non-hydrogen) atoms. The largest absolute Gasteiger partial charge is 0.490 e. The summed E-state index contributed by atoms with van der Waals surface area (Å²) in [5.74, 6) is 1.12. The zero-order valence-corrected chi connectivity index (χ0v) is 22.8. The number of ether oxygens (including phenoxy) is 2. The average Bonchev–Trinajstić information content (AvgIpc) is 2.96. The second-order valence-corrected chi connectivity index (χ2v) is 9.49. The summed E-state index contributed by atoms with van der Waals surface area (Å²) in [7, 11) is 0. The monoisotopic (exact) mass is 523 g/mol. The Balaban J connectivity index is 1.82. The van der Waals surface area contributed by atoms with Gasteiger partial charge in [0.1, 0.15) is 6.04 Å². The highest BCUT2D eigenvalue weighted by Gasteiger charge is 2.30. The van der Waals surface area contributed by atoms with Crippen LogP contribution in [0, 0.1) is 0 Å². The lowest BCUT2D eigenvalue weighted by Crippen LogP contribution is -2.38. The van der Waals surface area contributed by atoms with Crippen LogP contribution in [0.1, 0.15) is 43.5 Å². The molecule has 1 amide bonds. The van der Waals surface area contributed by atoms with Gasteiger partial charge < -0.3 is 25.4 Å². The highest BCUT2D eigenvalue weighted by molar-refractivity contribution is 5.89. The van der Waals surface area contributed by atoms with Crippen LogP contribution < -0.4 is 25.4 Å². The molecule has 0 aromatic heterocycles. The fraction of sp³-hybridized carbons (Fsp3) is 0.242. The molecule has 0 radical (unpaired) electrons. The third kappa shape index (κ3) is 7.18. The Labute approximate surface area is 231 Å². The van der Waals surface area contributed by atoms with E-state index in [0.717, 1.165) is 28.1 Å². The first-order chi connectivity index (χ1) is 19.0. The summed E-state index contributed by atoms with van der Waals surface area (Å²) in [4.78, 5) is 16.2. The quantitative estimate of drug-likeness (QED) is 0.221. The summed E-state index contributed by atoms with van der Waals surface area (Å²) in [6, 6.07) is 32.9. The lowest BCUT2D eigenvalue weighted by molar-refractivity contribution is -0.122. The first-order valence-corrected chi connectivity index (χ1v) is 13.4. The molecule has 0 aliphatic heterocycles. The number of nitrogens with zero attached hydrogens (tertiary/aromatic N) is 1. The molecular weight excluding hydrogens is 486 g/mol. The number of amides is 1. The van der Waals surface area contributed by atoms with Crippen molar-refractivity contribution in [2.45, 2.75) is 46.0 Å². The van der Waals surface area contributed by atoms with Crippen LogP contribution >= 0.6 is 0 Å². The number of hydrogen-bond acceptors (Lipinski definition) is 5. The van der Waals surface area contributed by atoms with Gasteiger partial charge in [-0.15, -0.1) is 0 Å². The Morgan fingerprint density at radius 1 is 0.821 bits per heavy atom. The van der Waals surface area contributed by atoms with Crippen molar-refractivity contribution in [3.8, 4) is 11.5 Å². The molecule has 0 heterocycles. The van der Waals surface area contributed by atoms with E-state index in [9.17, 15) is 4.79 Å². The first kappa shape index (κ1) is 27.7. The van der Waals surface area contributed by atoms with E-state index in [2.05, 4.69) is 10.2 Å². The van der Waals surface area contributed by atoms with E-state index in [0.29, 0.717) is 31.2 Å². The van der Waals surface area contributed by atoms with Gasteiger partial charge >= 0.3 is 0 Å². The highest BCUT2D eigenvalue weighted by Crippen LogP contribution is 2.39. The molecule has 0 spiro atoms. The Hall–Kier alpha value is -4.29. The fourth-order valence-corrected chi connectivity index (χ4v) is 4.44. The molecule has 6 nitrogen and oxygen atoms in total. The maximum Gasteiger partial charge on any atom is 0.247 e. The molecule has 0 aliphatic carbocycles. The number of hydrogen-bond donors (Lipinski definition) is 2. The average molecular weight is 524 g/mol. The molecule has 6 heteroatoms. The van der Waals surface area contributed by atoms with E-state index in [1.807, 2.05) is 124 Å². The highest BCUT2D eigenvalue weighted by atomic mass is 16.5. The van der Waals surface area contributed by atoms with Crippen LogP contribution in [0.2, 0.25) is 0 Å². The Bertz CT molecular complexity index is 1330. The lowest BCUT2D eigenvalue weighted by Gasteiger charge is -2.34. The van der Waals surface area contributed by atoms with Gasteiger partial charge in [-0.2, -0.15) is 0 Å². The number of nitrogens with two attached hydrogens (primary N) is 1. The Kier molecular flexibility index (Phi) is 9.59. The maximum atomic E-state index is 14.1. The molecule has 4 aromatic carbocycles. The lowest BCUT2D eigenvalue weighted by atomic mass is 10.0. The van der Waals surface area contributed by atoms with E-state index >= 15 is 0 Å². The smallest absolute Gasteiger partial charge is 0.247 e. The van der Waals surface area contributed by atoms with Crippen molar-refractivity contribution in [3.05, 3.63) is 120 Å². The van der Waals surface area contributed by atoms with Crippen molar-refractivity contribution >= 4 is 17.3 Å². The zero-order valence-electron chi connectivity index (χ0n) is 22.8. The van der Waals surface area contributed by atoms with Crippen LogP contribution in [0.3, 0.4) is 0 Å². The van der Waals surface area contributed by atoms with Crippen molar-refractivity contribution in [2.24, 2.45) is 5.73 Å². The Morgan fingerprint density at radius 3 is 2.08 bits per heavy atom. The summed E-state index contributed by atoms with van der Waals surface area (Å²) < 4.78 is 12.0. The summed E-state index contributed by atoms with van der Waals surface area (Å²) >= 11 is 0. The van der Waals surface area contributed by atoms with Gasteiger partial charge in [0.05, 0.1) is 12.7 Å². The van der Waals surface area contributed by atoms with E-state index in [4.69, 9.17) is 15.2 Å². The Morgan fingerprint density at radius 2 is 1.46 bits per heavy atom. The summed E-state index contributed by atoms with van der Waals surface area (Å²) in [6.07, 6.45) is -0.0121. The van der Waals surface area contributed by atoms with Crippen molar-refractivity contribution in [1.82, 2.24) is 5.32 Å². The predicted molar refractivity (Wildman–Crippen MR) is 157 cm³/mol. The van der Waals surface area contributed by atoms with Crippen LogP contribution in [0.4, 0.5) is 11.4 Å². The minimum Gasteiger partial charge on any atom is -0.490 e. The van der Waals surface area contributed by atoms with Crippen molar-refractivity contribution < 1.29 is 14.3 Å². The molecule has 4 rings (SSSR count). The first-order valence-electron chi connectivity index (χ1n) is 13.4. The summed E-state index contributed by atoms with van der Waals surface area (Å²) in [6.45, 7) is 7.23. The fourth-order valence-electron chi connectivity index (χ4n) is 4.44. The van der Waals surface area contributed by atoms with Gasteiger partial charge in [0.15, 0.2) is 11.5 Å². The molecule has 0 saturated carbocycles. The van der Waals surface area contributed by atoms with Gasteiger partial charge in [-0.25, -0.2) is 0 Å². The molecule has 0 aliphatic rings. The summed E-state index contributed by atoms with van der Waals surface area (Å²) in [5.41, 5.74) is 10.5. The number of benzene rings is 4. The molecule has 1 atom stereocenters. The van der Waals surface area contributed by atoms with Gasteiger partial charge in [-0.05, 0) is 73.9 Å². The number of para-hydroxylation sites is 1. The third-order valence-electron chi connectivity index (χ3n) is 6.25. The molecular formula is C33H37N3O3. The van der Waals surface area contributed by atoms with Crippen LogP contribution in [0.5, 0.6) is 11.5 Å². The number of carbonyl (C=O) groups excluding carboxylic acids is 1. The minimum atomic E-state index is -0.688. The minimum absolute atomic E-state index is 0.0121. The van der Waals surface area contributed by atoms with Crippen LogP contribution in [-0.4, -0.2) is 18.6 Å². The van der Waals surface area contributed by atoms with E-state index in [-0.39, 0.29) is 12.0 Å². The molecule has 202 valence electrons. The molecule has 0 fully saturated rings. The second kappa shape index (κ2) is 13.5. The van der Waals surface area contributed by atoms with Crippen LogP contribution in [0.15, 0.2) is 103 Å². The topological polar surface area (TPSA) is 76.8 Å². The number of carbonyl (C=O) groups is 1. The third-order valence-corrected chi connectivity index (χ3v) is 6.25. The second-order valence-electron chi connectivity index (χ2n) is 9.49. The van der Waals surface area contributed by atoms with Crippen molar-refractivity contribution in [1.29, 1.82) is 0 Å². The molecule has 1 unspecified atom stereocenters. The normalized spacial score (nSPS) is 11.6. The van der Waals surface area contributed by atoms with E-state index in [1.165, 1.54) is 0 Å². The SMILES string of the molecule is CCOc1cc(C(C(=O)NCc2ccccc2)N(c2ccccc2)c2ccc(CN)cc2)ccc1OC(C)C. The van der Waals surface area contributed by atoms with Crippen molar-refractivity contribution in [2.75, 3.05) is 11.5 Å². The molecule has 0 bridgehead atoms. The van der Waals surface area contributed by atoms with Crippen LogP contribution in [0.25, 0.3) is 0 Å². The molecule has 4 aromatic rings. The van der Waals surface area contributed by atoms with Crippen molar-refractivity contribution in [3.63, 3.8) is 0 Å². The van der Waals surface area contributed by atoms with Gasteiger partial charge in [0.25, 0.3) is 0 Å². The predicted octanol–water partition coefficient (Wildman–Crippen LogP) is 6.53. The van der Waals surface area contributed by atoms with Gasteiger partial charge in [-0.3, -0.25) is 4.79 Å². The van der Waals surface area contributed by atoms with Gasteiger partial charge in [-0.1, -0.05) is 66.7 Å².